The zero-order valence-corrected chi connectivity index (χ0v) is 10.4. The molecule has 0 saturated carbocycles. The van der Waals surface area contributed by atoms with E-state index in [1.54, 1.807) is 11.3 Å². The number of anilines is 2. The van der Waals surface area contributed by atoms with Gasteiger partial charge in [-0.05, 0) is 19.1 Å². The quantitative estimate of drug-likeness (QED) is 0.646. The van der Waals surface area contributed by atoms with Crippen LogP contribution in [0.5, 0.6) is 0 Å². The molecule has 0 aromatic carbocycles. The fourth-order valence-electron chi connectivity index (χ4n) is 1.45. The minimum atomic E-state index is -0.586. The number of nitrogens with zero attached hydrogens (tertiary/aromatic N) is 3. The summed E-state index contributed by atoms with van der Waals surface area (Å²) >= 11 is 1.62. The molecule has 8 heteroatoms. The number of thiophene rings is 1. The Hall–Kier alpha value is -2.22. The number of nitro groups is 1. The molecule has 0 aliphatic heterocycles. The molecule has 94 valence electrons. The number of aromatic nitrogens is 2. The summed E-state index contributed by atoms with van der Waals surface area (Å²) in [6.45, 7) is 2.47. The van der Waals surface area contributed by atoms with Gasteiger partial charge in [0.05, 0.1) is 11.5 Å². The van der Waals surface area contributed by atoms with Crippen molar-refractivity contribution in [2.24, 2.45) is 0 Å². The van der Waals surface area contributed by atoms with Crippen molar-refractivity contribution in [2.45, 2.75) is 13.5 Å². The molecule has 2 rings (SSSR count). The Labute approximate surface area is 107 Å². The van der Waals surface area contributed by atoms with Crippen molar-refractivity contribution in [1.29, 1.82) is 0 Å². The first-order chi connectivity index (χ1) is 8.58. The standard InChI is InChI=1S/C10H11N5O2S/c1-6-2-3-7(18-6)4-12-10-8(15(16)17)9(11)13-5-14-10/h2-3,5H,4H2,1H3,(H3,11,12,13,14). The minimum absolute atomic E-state index is 0.138. The van der Waals surface area contributed by atoms with E-state index >= 15 is 0 Å². The van der Waals surface area contributed by atoms with Crippen molar-refractivity contribution in [3.8, 4) is 0 Å². The predicted molar refractivity (Wildman–Crippen MR) is 69.5 cm³/mol. The summed E-state index contributed by atoms with van der Waals surface area (Å²) < 4.78 is 0. The van der Waals surface area contributed by atoms with Crippen LogP contribution in [0.2, 0.25) is 0 Å². The van der Waals surface area contributed by atoms with Crippen molar-refractivity contribution in [2.75, 3.05) is 11.1 Å². The highest BCUT2D eigenvalue weighted by Crippen LogP contribution is 2.27. The van der Waals surface area contributed by atoms with Crippen LogP contribution in [-0.2, 0) is 6.54 Å². The summed E-state index contributed by atoms with van der Waals surface area (Å²) in [5, 5.41) is 13.8. The van der Waals surface area contributed by atoms with Gasteiger partial charge >= 0.3 is 5.69 Å². The van der Waals surface area contributed by atoms with Crippen LogP contribution in [0.25, 0.3) is 0 Å². The third-order valence-corrected chi connectivity index (χ3v) is 3.26. The van der Waals surface area contributed by atoms with Crippen LogP contribution in [0.4, 0.5) is 17.3 Å². The van der Waals surface area contributed by atoms with Gasteiger partial charge in [-0.2, -0.15) is 0 Å². The lowest BCUT2D eigenvalue weighted by Gasteiger charge is -2.05. The van der Waals surface area contributed by atoms with Gasteiger partial charge in [0, 0.05) is 9.75 Å². The molecule has 18 heavy (non-hydrogen) atoms. The van der Waals surface area contributed by atoms with E-state index in [2.05, 4.69) is 15.3 Å². The molecular formula is C10H11N5O2S. The van der Waals surface area contributed by atoms with Crippen molar-refractivity contribution < 1.29 is 4.92 Å². The predicted octanol–water partition coefficient (Wildman–Crippen LogP) is 1.95. The van der Waals surface area contributed by atoms with Crippen molar-refractivity contribution in [3.05, 3.63) is 38.3 Å². The van der Waals surface area contributed by atoms with Gasteiger partial charge < -0.3 is 11.1 Å². The summed E-state index contributed by atoms with van der Waals surface area (Å²) in [6.07, 6.45) is 1.20. The maximum atomic E-state index is 10.9. The molecule has 0 saturated heterocycles. The number of aryl methyl sites for hydroxylation is 1. The molecule has 0 atom stereocenters. The Morgan fingerprint density at radius 3 is 2.89 bits per heavy atom. The highest BCUT2D eigenvalue weighted by Gasteiger charge is 2.20. The summed E-state index contributed by atoms with van der Waals surface area (Å²) in [5.74, 6) is -0.00147. The van der Waals surface area contributed by atoms with E-state index < -0.39 is 4.92 Å². The lowest BCUT2D eigenvalue weighted by molar-refractivity contribution is -0.383. The van der Waals surface area contributed by atoms with Crippen LogP contribution in [-0.4, -0.2) is 14.9 Å². The largest absolute Gasteiger partial charge is 0.378 e. The molecule has 7 nitrogen and oxygen atoms in total. The first-order valence-corrected chi connectivity index (χ1v) is 5.93. The fraction of sp³-hybridized carbons (Fsp3) is 0.200. The lowest BCUT2D eigenvalue weighted by Crippen LogP contribution is -2.07. The van der Waals surface area contributed by atoms with E-state index in [0.717, 1.165) is 4.88 Å². The number of hydrogen-bond acceptors (Lipinski definition) is 7. The zero-order valence-electron chi connectivity index (χ0n) is 9.58. The zero-order chi connectivity index (χ0) is 13.1. The van der Waals surface area contributed by atoms with Crippen LogP contribution in [0, 0.1) is 17.0 Å². The maximum Gasteiger partial charge on any atom is 0.352 e. The van der Waals surface area contributed by atoms with E-state index in [-0.39, 0.29) is 17.3 Å². The molecule has 2 aromatic rings. The van der Waals surface area contributed by atoms with Gasteiger partial charge in [0.25, 0.3) is 0 Å². The number of nitrogens with one attached hydrogen (secondary N) is 1. The Kier molecular flexibility index (Phi) is 3.38. The molecular weight excluding hydrogens is 254 g/mol. The highest BCUT2D eigenvalue weighted by atomic mass is 32.1. The highest BCUT2D eigenvalue weighted by molar-refractivity contribution is 7.11. The molecule has 0 aliphatic rings. The summed E-state index contributed by atoms with van der Waals surface area (Å²) in [5.41, 5.74) is 5.18. The Morgan fingerprint density at radius 2 is 2.28 bits per heavy atom. The van der Waals surface area contributed by atoms with Crippen molar-refractivity contribution >= 4 is 28.7 Å². The van der Waals surface area contributed by atoms with E-state index in [0.29, 0.717) is 6.54 Å². The molecule has 0 fully saturated rings. The monoisotopic (exact) mass is 265 g/mol. The van der Waals surface area contributed by atoms with Gasteiger partial charge in [0.15, 0.2) is 0 Å². The lowest BCUT2D eigenvalue weighted by atomic mass is 10.4. The van der Waals surface area contributed by atoms with Crippen LogP contribution in [0.3, 0.4) is 0 Å². The fourth-order valence-corrected chi connectivity index (χ4v) is 2.28. The van der Waals surface area contributed by atoms with E-state index in [4.69, 9.17) is 5.73 Å². The normalized spacial score (nSPS) is 10.3. The molecule has 0 radical (unpaired) electrons. The van der Waals surface area contributed by atoms with Gasteiger partial charge in [0.2, 0.25) is 11.6 Å². The smallest absolute Gasteiger partial charge is 0.352 e. The van der Waals surface area contributed by atoms with Crippen molar-refractivity contribution in [1.82, 2.24) is 9.97 Å². The molecule has 2 heterocycles. The first kappa shape index (κ1) is 12.2. The van der Waals surface area contributed by atoms with Crippen LogP contribution >= 0.6 is 11.3 Å². The molecule has 0 bridgehead atoms. The van der Waals surface area contributed by atoms with Gasteiger partial charge in [-0.3, -0.25) is 10.1 Å². The Balaban J connectivity index is 2.19. The van der Waals surface area contributed by atoms with E-state index in [1.165, 1.54) is 11.2 Å². The second-order valence-electron chi connectivity index (χ2n) is 3.58. The topological polar surface area (TPSA) is 107 Å². The summed E-state index contributed by atoms with van der Waals surface area (Å²) in [6, 6.07) is 3.95. The number of rotatable bonds is 4. The second-order valence-corrected chi connectivity index (χ2v) is 4.95. The van der Waals surface area contributed by atoms with E-state index in [1.807, 2.05) is 19.1 Å². The Morgan fingerprint density at radius 1 is 1.50 bits per heavy atom. The molecule has 2 aromatic heterocycles. The van der Waals surface area contributed by atoms with Crippen LogP contribution in [0.1, 0.15) is 9.75 Å². The second kappa shape index (κ2) is 4.96. The first-order valence-electron chi connectivity index (χ1n) is 5.12. The van der Waals surface area contributed by atoms with Gasteiger partial charge in [0.1, 0.15) is 6.33 Å². The van der Waals surface area contributed by atoms with Crippen molar-refractivity contribution in [3.63, 3.8) is 0 Å². The number of nitrogen functional groups attached to an aromatic ring is 1. The maximum absolute atomic E-state index is 10.9. The third-order valence-electron chi connectivity index (χ3n) is 2.26. The van der Waals surface area contributed by atoms with Gasteiger partial charge in [-0.1, -0.05) is 0 Å². The summed E-state index contributed by atoms with van der Waals surface area (Å²) in [4.78, 5) is 20.0. The average molecular weight is 265 g/mol. The SMILES string of the molecule is Cc1ccc(CNc2ncnc(N)c2[N+](=O)[O-])s1. The molecule has 0 aliphatic carbocycles. The summed E-state index contributed by atoms with van der Waals surface area (Å²) in [7, 11) is 0. The van der Waals surface area contributed by atoms with E-state index in [9.17, 15) is 10.1 Å². The number of nitrogens with two attached hydrogens (primary N) is 1. The van der Waals surface area contributed by atoms with Crippen LogP contribution in [0.15, 0.2) is 18.5 Å². The third kappa shape index (κ3) is 2.54. The molecule has 0 unspecified atom stereocenters. The molecule has 0 amide bonds. The molecule has 3 N–H and O–H groups in total. The Bertz CT molecular complexity index is 583. The molecule has 0 spiro atoms. The average Bonchev–Trinajstić information content (AvgIpc) is 2.72. The van der Waals surface area contributed by atoms with Crippen LogP contribution < -0.4 is 11.1 Å². The minimum Gasteiger partial charge on any atom is -0.378 e. The van der Waals surface area contributed by atoms with Gasteiger partial charge in [-0.15, -0.1) is 11.3 Å². The van der Waals surface area contributed by atoms with Gasteiger partial charge in [-0.25, -0.2) is 9.97 Å². The number of hydrogen-bond donors (Lipinski definition) is 2.